The molecule has 0 aliphatic carbocycles. The zero-order chi connectivity index (χ0) is 11.7. The molecule has 3 nitrogen and oxygen atoms in total. The number of benzene rings is 1. The summed E-state index contributed by atoms with van der Waals surface area (Å²) in [6, 6.07) is 9.15. The predicted molar refractivity (Wildman–Crippen MR) is 60.6 cm³/mol. The summed E-state index contributed by atoms with van der Waals surface area (Å²) < 4.78 is 5.24. The average Bonchev–Trinajstić information content (AvgIpc) is 2.64. The van der Waals surface area contributed by atoms with Crippen LogP contribution in [0.4, 0.5) is 0 Å². The maximum absolute atomic E-state index is 10.7. The minimum Gasteiger partial charge on any atom is -0.475 e. The van der Waals surface area contributed by atoms with Crippen LogP contribution in [0.25, 0.3) is 11.3 Å². The van der Waals surface area contributed by atoms with Gasteiger partial charge in [-0.2, -0.15) is 0 Å². The summed E-state index contributed by atoms with van der Waals surface area (Å²) in [5, 5.41) is 8.76. The highest BCUT2D eigenvalue weighted by atomic mass is 16.4. The molecule has 0 unspecified atom stereocenters. The molecule has 1 N–H and O–H groups in total. The molecule has 2 rings (SSSR count). The van der Waals surface area contributed by atoms with E-state index in [0.717, 1.165) is 16.7 Å². The Labute approximate surface area is 93.3 Å². The molecule has 16 heavy (non-hydrogen) atoms. The first-order valence-electron chi connectivity index (χ1n) is 4.98. The molecule has 0 aliphatic heterocycles. The Morgan fingerprint density at radius 1 is 1.12 bits per heavy atom. The number of hydrogen-bond acceptors (Lipinski definition) is 2. The topological polar surface area (TPSA) is 50.4 Å². The lowest BCUT2D eigenvalue weighted by molar-refractivity contribution is 0.0663. The molecule has 0 bridgehead atoms. The van der Waals surface area contributed by atoms with Crippen molar-refractivity contribution in [3.05, 3.63) is 47.2 Å². The molecule has 0 saturated heterocycles. The molecule has 0 aliphatic rings. The Hall–Kier alpha value is -2.03. The van der Waals surface area contributed by atoms with Crippen LogP contribution in [0.2, 0.25) is 0 Å². The summed E-state index contributed by atoms with van der Waals surface area (Å²) in [4.78, 5) is 10.7. The van der Waals surface area contributed by atoms with Crippen molar-refractivity contribution in [1.82, 2.24) is 0 Å². The van der Waals surface area contributed by atoms with Crippen molar-refractivity contribution in [2.24, 2.45) is 0 Å². The second kappa shape index (κ2) is 3.85. The van der Waals surface area contributed by atoms with Crippen molar-refractivity contribution in [2.75, 3.05) is 0 Å². The maximum atomic E-state index is 10.7. The average molecular weight is 216 g/mol. The zero-order valence-corrected chi connectivity index (χ0v) is 9.15. The van der Waals surface area contributed by atoms with Gasteiger partial charge < -0.3 is 9.52 Å². The Kier molecular flexibility index (Phi) is 2.52. The van der Waals surface area contributed by atoms with E-state index in [-0.39, 0.29) is 5.76 Å². The van der Waals surface area contributed by atoms with Crippen LogP contribution in [0.15, 0.2) is 34.7 Å². The Morgan fingerprint density at radius 3 is 2.25 bits per heavy atom. The van der Waals surface area contributed by atoms with Gasteiger partial charge in [-0.15, -0.1) is 0 Å². The Bertz CT molecular complexity index is 518. The lowest BCUT2D eigenvalue weighted by atomic mass is 10.1. The molecule has 1 aromatic carbocycles. The number of furan rings is 1. The molecule has 0 radical (unpaired) electrons. The lowest BCUT2D eigenvalue weighted by Crippen LogP contribution is -1.91. The molecule has 0 amide bonds. The summed E-state index contributed by atoms with van der Waals surface area (Å²) in [5.74, 6) is -0.492. The first-order chi connectivity index (χ1) is 7.56. The number of rotatable bonds is 2. The summed E-state index contributed by atoms with van der Waals surface area (Å²) in [7, 11) is 0. The summed E-state index contributed by atoms with van der Waals surface area (Å²) in [6.45, 7) is 4.00. The van der Waals surface area contributed by atoms with Gasteiger partial charge in [0.1, 0.15) is 5.76 Å². The van der Waals surface area contributed by atoms with E-state index in [1.807, 2.05) is 26.0 Å². The van der Waals surface area contributed by atoms with E-state index < -0.39 is 5.97 Å². The molecule has 3 heteroatoms. The minimum absolute atomic E-state index is 0.0332. The van der Waals surface area contributed by atoms with Crippen LogP contribution in [0.1, 0.15) is 21.7 Å². The van der Waals surface area contributed by atoms with Crippen LogP contribution < -0.4 is 0 Å². The molecular formula is C13H12O3. The van der Waals surface area contributed by atoms with Crippen LogP contribution in [0.5, 0.6) is 0 Å². The van der Waals surface area contributed by atoms with Gasteiger partial charge in [-0.1, -0.05) is 17.2 Å². The van der Waals surface area contributed by atoms with E-state index in [9.17, 15) is 4.79 Å². The van der Waals surface area contributed by atoms with Gasteiger partial charge in [-0.05, 0) is 38.1 Å². The Morgan fingerprint density at radius 2 is 1.75 bits per heavy atom. The summed E-state index contributed by atoms with van der Waals surface area (Å²) in [6.07, 6.45) is 0. The SMILES string of the molecule is Cc1cc(C)cc(-c2ccc(C(=O)O)o2)c1. The second-order valence-corrected chi connectivity index (χ2v) is 3.85. The van der Waals surface area contributed by atoms with Crippen LogP contribution >= 0.6 is 0 Å². The molecule has 1 heterocycles. The van der Waals surface area contributed by atoms with Crippen molar-refractivity contribution in [3.8, 4) is 11.3 Å². The third-order valence-electron chi connectivity index (χ3n) is 2.32. The number of aryl methyl sites for hydroxylation is 2. The third-order valence-corrected chi connectivity index (χ3v) is 2.32. The van der Waals surface area contributed by atoms with E-state index in [0.29, 0.717) is 5.76 Å². The molecule has 1 aromatic heterocycles. The van der Waals surface area contributed by atoms with Gasteiger partial charge in [0.05, 0.1) is 0 Å². The van der Waals surface area contributed by atoms with Crippen LogP contribution in [0, 0.1) is 13.8 Å². The molecule has 0 saturated carbocycles. The number of aromatic carboxylic acids is 1. The van der Waals surface area contributed by atoms with E-state index in [2.05, 4.69) is 6.07 Å². The van der Waals surface area contributed by atoms with E-state index in [1.165, 1.54) is 6.07 Å². The van der Waals surface area contributed by atoms with Gasteiger partial charge in [-0.3, -0.25) is 0 Å². The second-order valence-electron chi connectivity index (χ2n) is 3.85. The van der Waals surface area contributed by atoms with Gasteiger partial charge in [0.25, 0.3) is 0 Å². The smallest absolute Gasteiger partial charge is 0.371 e. The van der Waals surface area contributed by atoms with Gasteiger partial charge >= 0.3 is 5.97 Å². The fourth-order valence-corrected chi connectivity index (χ4v) is 1.72. The molecule has 2 aromatic rings. The third kappa shape index (κ3) is 1.98. The van der Waals surface area contributed by atoms with Crippen LogP contribution in [-0.4, -0.2) is 11.1 Å². The highest BCUT2D eigenvalue weighted by Crippen LogP contribution is 2.24. The lowest BCUT2D eigenvalue weighted by Gasteiger charge is -2.01. The molecule has 0 atom stereocenters. The molecule has 0 fully saturated rings. The van der Waals surface area contributed by atoms with Crippen molar-refractivity contribution in [1.29, 1.82) is 0 Å². The first-order valence-corrected chi connectivity index (χ1v) is 4.98. The highest BCUT2D eigenvalue weighted by molar-refractivity contribution is 5.85. The number of carboxylic acids is 1. The molecular weight excluding hydrogens is 204 g/mol. The molecule has 0 spiro atoms. The Balaban J connectivity index is 2.46. The van der Waals surface area contributed by atoms with E-state index >= 15 is 0 Å². The van der Waals surface area contributed by atoms with Crippen molar-refractivity contribution < 1.29 is 14.3 Å². The standard InChI is InChI=1S/C13H12O3/c1-8-5-9(2)7-10(6-8)11-3-4-12(16-11)13(14)15/h3-7H,1-2H3,(H,14,15). The predicted octanol–water partition coefficient (Wildman–Crippen LogP) is 3.26. The summed E-state index contributed by atoms with van der Waals surface area (Å²) >= 11 is 0. The van der Waals surface area contributed by atoms with Gasteiger partial charge in [-0.25, -0.2) is 4.79 Å². The quantitative estimate of drug-likeness (QED) is 0.838. The van der Waals surface area contributed by atoms with Crippen molar-refractivity contribution in [3.63, 3.8) is 0 Å². The first kappa shape index (κ1) is 10.5. The zero-order valence-electron chi connectivity index (χ0n) is 9.15. The number of carboxylic acid groups (broad SMARTS) is 1. The van der Waals surface area contributed by atoms with Gasteiger partial charge in [0.2, 0.25) is 5.76 Å². The highest BCUT2D eigenvalue weighted by Gasteiger charge is 2.10. The fraction of sp³-hybridized carbons (Fsp3) is 0.154. The largest absolute Gasteiger partial charge is 0.475 e. The van der Waals surface area contributed by atoms with Crippen molar-refractivity contribution >= 4 is 5.97 Å². The van der Waals surface area contributed by atoms with Gasteiger partial charge in [0, 0.05) is 5.56 Å². The van der Waals surface area contributed by atoms with E-state index in [1.54, 1.807) is 6.07 Å². The van der Waals surface area contributed by atoms with Crippen molar-refractivity contribution in [2.45, 2.75) is 13.8 Å². The fourth-order valence-electron chi connectivity index (χ4n) is 1.72. The number of carbonyl (C=O) groups is 1. The van der Waals surface area contributed by atoms with Crippen LogP contribution in [-0.2, 0) is 0 Å². The number of hydrogen-bond donors (Lipinski definition) is 1. The normalized spacial score (nSPS) is 10.4. The maximum Gasteiger partial charge on any atom is 0.371 e. The minimum atomic E-state index is -1.05. The van der Waals surface area contributed by atoms with Gasteiger partial charge in [0.15, 0.2) is 0 Å². The monoisotopic (exact) mass is 216 g/mol. The summed E-state index contributed by atoms with van der Waals surface area (Å²) in [5.41, 5.74) is 3.16. The van der Waals surface area contributed by atoms with E-state index in [4.69, 9.17) is 9.52 Å². The van der Waals surface area contributed by atoms with Crippen LogP contribution in [0.3, 0.4) is 0 Å². The molecule has 82 valence electrons.